The van der Waals surface area contributed by atoms with Crippen molar-refractivity contribution >= 4 is 32.4 Å². The lowest BCUT2D eigenvalue weighted by Crippen LogP contribution is -2.23. The van der Waals surface area contributed by atoms with E-state index in [1.54, 1.807) is 13.1 Å². The Morgan fingerprint density at radius 3 is 2.75 bits per heavy atom. The smallest absolute Gasteiger partial charge is 0.267 e. The first-order valence-electron chi connectivity index (χ1n) is 4.87. The molecule has 1 heterocycles. The third-order valence-corrected chi connectivity index (χ3v) is 4.48. The van der Waals surface area contributed by atoms with Crippen LogP contribution in [-0.4, -0.2) is 29.7 Å². The molecule has 0 aromatic carbocycles. The summed E-state index contributed by atoms with van der Waals surface area (Å²) >= 11 is 2.01. The van der Waals surface area contributed by atoms with Gasteiger partial charge in [0.2, 0.25) is 0 Å². The summed E-state index contributed by atoms with van der Waals surface area (Å²) in [5, 5.41) is 3.93. The Bertz CT molecular complexity index is 510. The Kier molecular flexibility index (Phi) is 4.90. The summed E-state index contributed by atoms with van der Waals surface area (Å²) in [5.41, 5.74) is -0.194. The number of aromatic nitrogens is 2. The summed E-state index contributed by atoms with van der Waals surface area (Å²) in [4.78, 5) is 11.4. The second kappa shape index (κ2) is 5.76. The molecule has 0 unspecified atom stereocenters. The van der Waals surface area contributed by atoms with E-state index in [1.807, 2.05) is 22.6 Å². The molecule has 1 aromatic heterocycles. The highest BCUT2D eigenvalue weighted by atomic mass is 127. The van der Waals surface area contributed by atoms with Crippen LogP contribution in [0.2, 0.25) is 0 Å². The minimum atomic E-state index is -2.96. The van der Waals surface area contributed by atoms with Gasteiger partial charge in [-0.15, -0.1) is 0 Å². The number of nitrogens with zero attached hydrogens (tertiary/aromatic N) is 2. The maximum atomic E-state index is 11.4. The van der Waals surface area contributed by atoms with Crippen molar-refractivity contribution in [2.75, 3.05) is 11.5 Å². The molecule has 5 nitrogen and oxygen atoms in total. The molecule has 0 atom stereocenters. The van der Waals surface area contributed by atoms with Crippen molar-refractivity contribution in [1.29, 1.82) is 0 Å². The minimum absolute atomic E-state index is 0.101. The van der Waals surface area contributed by atoms with E-state index in [9.17, 15) is 13.2 Å². The molecule has 0 amide bonds. The molecule has 0 N–H and O–H groups in total. The molecule has 1 rings (SSSR count). The van der Waals surface area contributed by atoms with Gasteiger partial charge in [-0.05, 0) is 29.0 Å². The number of rotatable bonds is 5. The zero-order valence-electron chi connectivity index (χ0n) is 8.89. The number of aryl methyl sites for hydroxylation is 1. The van der Waals surface area contributed by atoms with Crippen molar-refractivity contribution in [3.8, 4) is 0 Å². The van der Waals surface area contributed by atoms with E-state index in [-0.39, 0.29) is 17.1 Å². The van der Waals surface area contributed by atoms with Crippen LogP contribution in [0.3, 0.4) is 0 Å². The molecule has 0 aliphatic rings. The third-order valence-electron chi connectivity index (χ3n) is 2.10. The molecule has 0 bridgehead atoms. The van der Waals surface area contributed by atoms with E-state index < -0.39 is 9.84 Å². The topological polar surface area (TPSA) is 69.0 Å². The fourth-order valence-corrected chi connectivity index (χ4v) is 2.41. The molecular formula is C9H13IN2O3S. The van der Waals surface area contributed by atoms with Gasteiger partial charge in [0.15, 0.2) is 0 Å². The van der Waals surface area contributed by atoms with Gasteiger partial charge in [0.25, 0.3) is 5.56 Å². The Hall–Kier alpha value is -0.440. The second-order valence-corrected chi connectivity index (χ2v) is 7.04. The summed E-state index contributed by atoms with van der Waals surface area (Å²) < 4.78 is 24.5. The van der Waals surface area contributed by atoms with Crippen LogP contribution >= 0.6 is 22.6 Å². The lowest BCUT2D eigenvalue weighted by atomic mass is 10.5. The molecule has 90 valence electrons. The fourth-order valence-electron chi connectivity index (χ4n) is 1.16. The van der Waals surface area contributed by atoms with E-state index >= 15 is 0 Å². The van der Waals surface area contributed by atoms with E-state index in [2.05, 4.69) is 5.10 Å². The Balaban J connectivity index is 2.60. The summed E-state index contributed by atoms with van der Waals surface area (Å²) in [5.74, 6) is 0.242. The molecule has 0 aliphatic heterocycles. The molecule has 16 heavy (non-hydrogen) atoms. The number of hydrogen-bond donors (Lipinski definition) is 0. The number of sulfone groups is 1. The first-order chi connectivity index (χ1) is 7.44. The van der Waals surface area contributed by atoms with Crippen LogP contribution in [0.1, 0.15) is 13.3 Å². The molecule has 0 saturated heterocycles. The Morgan fingerprint density at radius 2 is 2.19 bits per heavy atom. The summed E-state index contributed by atoms with van der Waals surface area (Å²) in [7, 11) is -2.96. The first kappa shape index (κ1) is 13.6. The van der Waals surface area contributed by atoms with Gasteiger partial charge < -0.3 is 0 Å². The van der Waals surface area contributed by atoms with Crippen molar-refractivity contribution in [2.45, 2.75) is 19.9 Å². The average molecular weight is 356 g/mol. The predicted octanol–water partition coefficient (Wildman–Crippen LogP) is 0.673. The van der Waals surface area contributed by atoms with Gasteiger partial charge in [0, 0.05) is 21.9 Å². The van der Waals surface area contributed by atoms with E-state index in [0.29, 0.717) is 13.0 Å². The van der Waals surface area contributed by atoms with Gasteiger partial charge in [-0.3, -0.25) is 4.79 Å². The molecule has 7 heteroatoms. The van der Waals surface area contributed by atoms with Crippen molar-refractivity contribution in [1.82, 2.24) is 9.78 Å². The highest BCUT2D eigenvalue weighted by Gasteiger charge is 2.07. The number of halogens is 1. The van der Waals surface area contributed by atoms with Crippen LogP contribution in [0.4, 0.5) is 0 Å². The zero-order chi connectivity index (χ0) is 12.2. The van der Waals surface area contributed by atoms with Crippen LogP contribution in [0.15, 0.2) is 17.1 Å². The minimum Gasteiger partial charge on any atom is -0.268 e. The van der Waals surface area contributed by atoms with E-state index in [1.165, 1.54) is 10.7 Å². The van der Waals surface area contributed by atoms with Gasteiger partial charge in [-0.2, -0.15) is 5.10 Å². The van der Waals surface area contributed by atoms with E-state index in [0.717, 1.165) is 3.57 Å². The fraction of sp³-hybridized carbons (Fsp3) is 0.556. The highest BCUT2D eigenvalue weighted by molar-refractivity contribution is 14.1. The summed E-state index contributed by atoms with van der Waals surface area (Å²) in [6.07, 6.45) is 2.00. The Labute approximate surface area is 108 Å². The first-order valence-corrected chi connectivity index (χ1v) is 7.78. The lowest BCUT2D eigenvalue weighted by molar-refractivity contribution is 0.553. The predicted molar refractivity (Wildman–Crippen MR) is 70.2 cm³/mol. The molecular weight excluding hydrogens is 343 g/mol. The van der Waals surface area contributed by atoms with Gasteiger partial charge in [-0.1, -0.05) is 6.92 Å². The van der Waals surface area contributed by atoms with Crippen LogP contribution in [-0.2, 0) is 16.4 Å². The highest BCUT2D eigenvalue weighted by Crippen LogP contribution is 1.98. The van der Waals surface area contributed by atoms with E-state index in [4.69, 9.17) is 0 Å². The monoisotopic (exact) mass is 356 g/mol. The van der Waals surface area contributed by atoms with Gasteiger partial charge >= 0.3 is 0 Å². The second-order valence-electron chi connectivity index (χ2n) is 3.33. The SMILES string of the molecule is CCS(=O)(=O)CCCn1ncc(I)cc1=O. The maximum absolute atomic E-state index is 11.4. The molecule has 0 aliphatic carbocycles. The van der Waals surface area contributed by atoms with Crippen LogP contribution in [0, 0.1) is 3.57 Å². The Morgan fingerprint density at radius 1 is 1.50 bits per heavy atom. The molecule has 0 fully saturated rings. The number of hydrogen-bond acceptors (Lipinski definition) is 4. The largest absolute Gasteiger partial charge is 0.268 e. The summed E-state index contributed by atoms with van der Waals surface area (Å²) in [6, 6.07) is 1.47. The standard InChI is InChI=1S/C9H13IN2O3S/c1-2-16(14,15)5-3-4-12-9(13)6-8(10)7-11-12/h6-7H,2-5H2,1H3. The molecule has 1 aromatic rings. The normalized spacial score (nSPS) is 11.6. The van der Waals surface area contributed by atoms with Crippen molar-refractivity contribution in [3.63, 3.8) is 0 Å². The van der Waals surface area contributed by atoms with Gasteiger partial charge in [-0.25, -0.2) is 13.1 Å². The maximum Gasteiger partial charge on any atom is 0.267 e. The van der Waals surface area contributed by atoms with Crippen LogP contribution in [0.5, 0.6) is 0 Å². The molecule has 0 radical (unpaired) electrons. The zero-order valence-corrected chi connectivity index (χ0v) is 11.9. The quantitative estimate of drug-likeness (QED) is 0.728. The third kappa shape index (κ3) is 4.20. The average Bonchev–Trinajstić information content (AvgIpc) is 2.21. The van der Waals surface area contributed by atoms with Crippen molar-refractivity contribution < 1.29 is 8.42 Å². The van der Waals surface area contributed by atoms with Gasteiger partial charge in [0.05, 0.1) is 11.9 Å². The van der Waals surface area contributed by atoms with Crippen molar-refractivity contribution in [2.24, 2.45) is 0 Å². The molecule has 0 spiro atoms. The van der Waals surface area contributed by atoms with Crippen LogP contribution in [0.25, 0.3) is 0 Å². The van der Waals surface area contributed by atoms with Gasteiger partial charge in [0.1, 0.15) is 9.84 Å². The summed E-state index contributed by atoms with van der Waals surface area (Å²) in [6.45, 7) is 1.96. The lowest BCUT2D eigenvalue weighted by Gasteiger charge is -2.04. The molecule has 0 saturated carbocycles. The van der Waals surface area contributed by atoms with Crippen LogP contribution < -0.4 is 5.56 Å². The van der Waals surface area contributed by atoms with Crippen molar-refractivity contribution in [3.05, 3.63) is 26.2 Å².